The highest BCUT2D eigenvalue weighted by atomic mass is 32.1. The molecule has 2 aromatic heterocycles. The first-order chi connectivity index (χ1) is 15.0. The number of benzene rings is 2. The van der Waals surface area contributed by atoms with E-state index < -0.39 is 11.6 Å². The summed E-state index contributed by atoms with van der Waals surface area (Å²) in [5.74, 6) is 1.00. The summed E-state index contributed by atoms with van der Waals surface area (Å²) < 4.78 is 10.5. The molecular weight excluding hydrogens is 416 g/mol. The molecule has 5 rings (SSSR count). The van der Waals surface area contributed by atoms with Crippen molar-refractivity contribution in [1.82, 2.24) is 20.4 Å². The van der Waals surface area contributed by atoms with Crippen molar-refractivity contribution in [1.29, 1.82) is 0 Å². The fourth-order valence-corrected chi connectivity index (χ4v) is 4.30. The minimum atomic E-state index is -1.19. The van der Waals surface area contributed by atoms with E-state index in [0.717, 1.165) is 27.0 Å². The van der Waals surface area contributed by atoms with Gasteiger partial charge in [0.05, 0.1) is 7.11 Å². The number of imide groups is 1. The zero-order valence-corrected chi connectivity index (χ0v) is 17.6. The van der Waals surface area contributed by atoms with Gasteiger partial charge in [0.25, 0.3) is 5.91 Å². The Morgan fingerprint density at radius 1 is 1.16 bits per heavy atom. The summed E-state index contributed by atoms with van der Waals surface area (Å²) in [6.45, 7) is 1.60. The van der Waals surface area contributed by atoms with Crippen molar-refractivity contribution in [2.45, 2.75) is 19.0 Å². The number of nitrogens with one attached hydrogen (secondary N) is 1. The van der Waals surface area contributed by atoms with Gasteiger partial charge >= 0.3 is 6.03 Å². The van der Waals surface area contributed by atoms with E-state index in [1.54, 1.807) is 14.0 Å². The third-order valence-corrected chi connectivity index (χ3v) is 6.12. The predicted molar refractivity (Wildman–Crippen MR) is 115 cm³/mol. The lowest BCUT2D eigenvalue weighted by molar-refractivity contribution is -0.131. The molecule has 9 heteroatoms. The van der Waals surface area contributed by atoms with Crippen LogP contribution >= 0.6 is 11.3 Å². The molecule has 156 valence electrons. The van der Waals surface area contributed by atoms with Crippen LogP contribution in [0.15, 0.2) is 57.7 Å². The number of carbonyl (C=O) groups is 2. The molecule has 1 fully saturated rings. The number of thiophene rings is 1. The Labute approximate surface area is 181 Å². The Morgan fingerprint density at radius 2 is 1.97 bits per heavy atom. The number of amides is 3. The highest BCUT2D eigenvalue weighted by molar-refractivity contribution is 7.08. The minimum Gasteiger partial charge on any atom is -0.497 e. The summed E-state index contributed by atoms with van der Waals surface area (Å²) in [4.78, 5) is 31.3. The number of ether oxygens (including phenoxy) is 1. The number of methoxy groups -OCH3 is 1. The van der Waals surface area contributed by atoms with Crippen molar-refractivity contribution in [2.75, 3.05) is 7.11 Å². The van der Waals surface area contributed by atoms with E-state index in [1.807, 2.05) is 53.2 Å². The van der Waals surface area contributed by atoms with Crippen LogP contribution in [0, 0.1) is 0 Å². The zero-order chi connectivity index (χ0) is 21.6. The third kappa shape index (κ3) is 3.23. The first-order valence-corrected chi connectivity index (χ1v) is 10.5. The Hall–Kier alpha value is -3.72. The zero-order valence-electron chi connectivity index (χ0n) is 16.8. The molecule has 31 heavy (non-hydrogen) atoms. The summed E-state index contributed by atoms with van der Waals surface area (Å²) in [7, 11) is 1.62. The van der Waals surface area contributed by atoms with Crippen molar-refractivity contribution < 1.29 is 18.8 Å². The normalized spacial score (nSPS) is 18.6. The molecule has 1 atom stereocenters. The van der Waals surface area contributed by atoms with E-state index in [9.17, 15) is 9.59 Å². The van der Waals surface area contributed by atoms with Gasteiger partial charge < -0.3 is 14.6 Å². The molecule has 0 aliphatic carbocycles. The second-order valence-electron chi connectivity index (χ2n) is 7.40. The van der Waals surface area contributed by atoms with Gasteiger partial charge in [-0.3, -0.25) is 9.69 Å². The number of hydrogen-bond acceptors (Lipinski definition) is 7. The Kier molecular flexibility index (Phi) is 4.48. The smallest absolute Gasteiger partial charge is 0.325 e. The van der Waals surface area contributed by atoms with Crippen LogP contribution in [-0.2, 0) is 16.9 Å². The minimum absolute atomic E-state index is 0.0951. The highest BCUT2D eigenvalue weighted by Gasteiger charge is 2.49. The average Bonchev–Trinajstić information content (AvgIpc) is 3.51. The monoisotopic (exact) mass is 434 g/mol. The molecule has 1 aliphatic rings. The van der Waals surface area contributed by atoms with Gasteiger partial charge in [-0.2, -0.15) is 16.3 Å². The molecule has 0 spiro atoms. The van der Waals surface area contributed by atoms with Gasteiger partial charge in [0, 0.05) is 10.9 Å². The lowest BCUT2D eigenvalue weighted by atomic mass is 9.90. The Bertz CT molecular complexity index is 1300. The molecule has 0 saturated carbocycles. The number of nitrogens with zero attached hydrogens (tertiary/aromatic N) is 3. The fourth-order valence-electron chi connectivity index (χ4n) is 3.66. The Morgan fingerprint density at radius 3 is 2.74 bits per heavy atom. The number of rotatable bonds is 5. The third-order valence-electron chi connectivity index (χ3n) is 5.44. The molecule has 1 aliphatic heterocycles. The molecule has 3 heterocycles. The van der Waals surface area contributed by atoms with Gasteiger partial charge in [0.1, 0.15) is 17.8 Å². The van der Waals surface area contributed by atoms with Crippen LogP contribution in [-0.4, -0.2) is 34.1 Å². The standard InChI is InChI=1S/C22H18N4O4S/c1-22(16-5-3-14-10-17(29-2)6-4-13(14)9-16)20(27)26(21(28)24-22)11-18-23-19(25-30-18)15-7-8-31-12-15/h3-10,12H,11H2,1-2H3,(H,24,28)/t22-/m0/s1. The summed E-state index contributed by atoms with van der Waals surface area (Å²) >= 11 is 1.52. The van der Waals surface area contributed by atoms with E-state index in [1.165, 1.54) is 11.3 Å². The van der Waals surface area contributed by atoms with Crippen LogP contribution < -0.4 is 10.1 Å². The van der Waals surface area contributed by atoms with Gasteiger partial charge in [-0.05, 0) is 52.9 Å². The van der Waals surface area contributed by atoms with Crippen molar-refractivity contribution in [3.63, 3.8) is 0 Å². The maximum atomic E-state index is 13.2. The fraction of sp³-hybridized carbons (Fsp3) is 0.182. The summed E-state index contributed by atoms with van der Waals surface area (Å²) in [6.07, 6.45) is 0. The first kappa shape index (κ1) is 19.3. The summed E-state index contributed by atoms with van der Waals surface area (Å²) in [5, 5.41) is 12.5. The summed E-state index contributed by atoms with van der Waals surface area (Å²) in [5.41, 5.74) is 0.326. The van der Waals surface area contributed by atoms with E-state index in [4.69, 9.17) is 9.26 Å². The van der Waals surface area contributed by atoms with Crippen LogP contribution in [0.2, 0.25) is 0 Å². The lowest BCUT2D eigenvalue weighted by Crippen LogP contribution is -2.40. The van der Waals surface area contributed by atoms with Crippen LogP contribution in [0.1, 0.15) is 18.4 Å². The highest BCUT2D eigenvalue weighted by Crippen LogP contribution is 2.32. The number of urea groups is 1. The van der Waals surface area contributed by atoms with Crippen molar-refractivity contribution in [3.8, 4) is 17.1 Å². The van der Waals surface area contributed by atoms with Crippen LogP contribution in [0.3, 0.4) is 0 Å². The van der Waals surface area contributed by atoms with E-state index in [-0.39, 0.29) is 18.3 Å². The van der Waals surface area contributed by atoms with Gasteiger partial charge in [0.2, 0.25) is 11.7 Å². The second-order valence-corrected chi connectivity index (χ2v) is 8.18. The largest absolute Gasteiger partial charge is 0.497 e. The van der Waals surface area contributed by atoms with E-state index >= 15 is 0 Å². The molecule has 0 unspecified atom stereocenters. The Balaban J connectivity index is 1.42. The lowest BCUT2D eigenvalue weighted by Gasteiger charge is -2.22. The number of aromatic nitrogens is 2. The van der Waals surface area contributed by atoms with Crippen LogP contribution in [0.4, 0.5) is 4.79 Å². The van der Waals surface area contributed by atoms with Crippen molar-refractivity contribution in [3.05, 3.63) is 64.7 Å². The molecule has 8 nitrogen and oxygen atoms in total. The first-order valence-electron chi connectivity index (χ1n) is 9.55. The van der Waals surface area contributed by atoms with Crippen LogP contribution in [0.5, 0.6) is 5.75 Å². The predicted octanol–water partition coefficient (Wildman–Crippen LogP) is 3.93. The van der Waals surface area contributed by atoms with Gasteiger partial charge in [-0.1, -0.05) is 23.4 Å². The molecule has 4 aromatic rings. The topological polar surface area (TPSA) is 97.6 Å². The molecule has 1 saturated heterocycles. The molecule has 3 amide bonds. The quantitative estimate of drug-likeness (QED) is 0.478. The van der Waals surface area contributed by atoms with Crippen molar-refractivity contribution >= 4 is 34.0 Å². The number of hydrogen-bond donors (Lipinski definition) is 1. The maximum Gasteiger partial charge on any atom is 0.325 e. The van der Waals surface area contributed by atoms with E-state index in [2.05, 4.69) is 15.5 Å². The molecule has 2 aromatic carbocycles. The molecule has 0 bridgehead atoms. The summed E-state index contributed by atoms with van der Waals surface area (Å²) in [6, 6.07) is 12.7. The van der Waals surface area contributed by atoms with E-state index in [0.29, 0.717) is 11.4 Å². The van der Waals surface area contributed by atoms with Gasteiger partial charge in [0.15, 0.2) is 0 Å². The number of fused-ring (bicyclic) bond motifs is 1. The molecule has 1 N–H and O–H groups in total. The van der Waals surface area contributed by atoms with Crippen molar-refractivity contribution in [2.24, 2.45) is 0 Å². The number of carbonyl (C=O) groups excluding carboxylic acids is 2. The van der Waals surface area contributed by atoms with Gasteiger partial charge in [-0.25, -0.2) is 4.79 Å². The second kappa shape index (κ2) is 7.21. The molecular formula is C22H18N4O4S. The molecule has 0 radical (unpaired) electrons. The maximum absolute atomic E-state index is 13.2. The SMILES string of the molecule is COc1ccc2cc([C@]3(C)NC(=O)N(Cc4nc(-c5ccsc5)no4)C3=O)ccc2c1. The average molecular weight is 434 g/mol. The van der Waals surface area contributed by atoms with Crippen LogP contribution in [0.25, 0.3) is 22.2 Å². The van der Waals surface area contributed by atoms with Gasteiger partial charge in [-0.15, -0.1) is 0 Å².